The van der Waals surface area contributed by atoms with Gasteiger partial charge in [0.25, 0.3) is 0 Å². The molecule has 0 spiro atoms. The Morgan fingerprint density at radius 1 is 0.882 bits per heavy atom. The second kappa shape index (κ2) is 14.8. The molecule has 1 fully saturated rings. The molecular formula is C31H53NO2. The van der Waals surface area contributed by atoms with Crippen LogP contribution in [0.4, 0.5) is 4.79 Å². The summed E-state index contributed by atoms with van der Waals surface area (Å²) >= 11 is 0. The van der Waals surface area contributed by atoms with E-state index in [4.69, 9.17) is 4.74 Å². The van der Waals surface area contributed by atoms with Gasteiger partial charge < -0.3 is 10.1 Å². The molecule has 1 aromatic rings. The summed E-state index contributed by atoms with van der Waals surface area (Å²) in [6.07, 6.45) is 19.3. The third kappa shape index (κ3) is 10.4. The summed E-state index contributed by atoms with van der Waals surface area (Å²) < 4.78 is 5.95. The van der Waals surface area contributed by atoms with Crippen molar-refractivity contribution in [1.29, 1.82) is 0 Å². The summed E-state index contributed by atoms with van der Waals surface area (Å²) in [5.74, 6) is 0.771. The second-order valence-electron chi connectivity index (χ2n) is 12.0. The fraction of sp³-hybridized carbons (Fsp3) is 0.774. The first-order valence-corrected chi connectivity index (χ1v) is 14.3. The first kappa shape index (κ1) is 28.7. The Balaban J connectivity index is 1.99. The van der Waals surface area contributed by atoms with Gasteiger partial charge in [-0.1, -0.05) is 105 Å². The molecule has 1 unspecified atom stereocenters. The highest BCUT2D eigenvalue weighted by Gasteiger charge is 2.36. The maximum atomic E-state index is 12.8. The van der Waals surface area contributed by atoms with Crippen LogP contribution in [0.5, 0.6) is 5.75 Å². The van der Waals surface area contributed by atoms with Crippen LogP contribution in [-0.4, -0.2) is 12.6 Å². The first-order chi connectivity index (χ1) is 16.3. The number of unbranched alkanes of at least 4 members (excludes halogenated alkanes) is 8. The molecule has 0 aromatic heterocycles. The van der Waals surface area contributed by atoms with Crippen LogP contribution in [-0.2, 0) is 12.8 Å². The lowest BCUT2D eigenvalue weighted by Gasteiger charge is -2.42. The van der Waals surface area contributed by atoms with Crippen molar-refractivity contribution in [2.45, 2.75) is 137 Å². The van der Waals surface area contributed by atoms with Crippen molar-refractivity contribution >= 4 is 6.09 Å². The molecule has 1 aromatic carbocycles. The lowest BCUT2D eigenvalue weighted by atomic mass is 9.64. The molecule has 0 heterocycles. The Hall–Kier alpha value is -1.51. The normalized spacial score (nSPS) is 19.7. The van der Waals surface area contributed by atoms with Gasteiger partial charge in [-0.2, -0.15) is 0 Å². The van der Waals surface area contributed by atoms with Gasteiger partial charge in [-0.3, -0.25) is 0 Å². The van der Waals surface area contributed by atoms with E-state index in [9.17, 15) is 4.79 Å². The maximum Gasteiger partial charge on any atom is 0.412 e. The molecule has 0 radical (unpaired) electrons. The Morgan fingerprint density at radius 3 is 2.18 bits per heavy atom. The van der Waals surface area contributed by atoms with E-state index < -0.39 is 0 Å². The number of carbonyl (C=O) groups is 1. The SMILES string of the molecule is CCCCCCCc1cccc(OC(=O)NCC2(C)CCCC(C)(C)C2)c1CCCCCCC. The molecule has 0 bridgehead atoms. The summed E-state index contributed by atoms with van der Waals surface area (Å²) in [7, 11) is 0. The van der Waals surface area contributed by atoms with Gasteiger partial charge in [0.05, 0.1) is 0 Å². The molecule has 2 rings (SSSR count). The van der Waals surface area contributed by atoms with Gasteiger partial charge in [0, 0.05) is 6.54 Å². The summed E-state index contributed by atoms with van der Waals surface area (Å²) in [5.41, 5.74) is 3.14. The number of hydrogen-bond acceptors (Lipinski definition) is 2. The molecule has 3 nitrogen and oxygen atoms in total. The number of aryl methyl sites for hydroxylation is 1. The predicted octanol–water partition coefficient (Wildman–Crippen LogP) is 9.41. The van der Waals surface area contributed by atoms with Gasteiger partial charge in [-0.15, -0.1) is 0 Å². The number of ether oxygens (including phenoxy) is 1. The summed E-state index contributed by atoms with van der Waals surface area (Å²) in [4.78, 5) is 12.8. The van der Waals surface area contributed by atoms with E-state index >= 15 is 0 Å². The molecule has 1 amide bonds. The number of carbonyl (C=O) groups excluding carboxylic acids is 1. The van der Waals surface area contributed by atoms with Crippen LogP contribution < -0.4 is 10.1 Å². The zero-order valence-corrected chi connectivity index (χ0v) is 23.1. The molecule has 1 aliphatic carbocycles. The lowest BCUT2D eigenvalue weighted by Crippen LogP contribution is -2.41. The molecule has 1 atom stereocenters. The highest BCUT2D eigenvalue weighted by Crippen LogP contribution is 2.45. The monoisotopic (exact) mass is 471 g/mol. The van der Waals surface area contributed by atoms with E-state index in [2.05, 4.69) is 52.1 Å². The standard InChI is InChI=1S/C31H53NO2/c1-6-8-10-12-14-18-26-19-16-21-28(27(26)20-15-13-11-9-7-2)34-29(33)32-25-31(5)23-17-22-30(3,4)24-31/h16,19,21H,6-15,17-18,20,22-25H2,1-5H3,(H,32,33). The number of rotatable bonds is 15. The van der Waals surface area contributed by atoms with E-state index in [1.807, 2.05) is 6.07 Å². The van der Waals surface area contributed by atoms with Gasteiger partial charge in [-0.25, -0.2) is 4.79 Å². The molecule has 0 aliphatic heterocycles. The zero-order valence-electron chi connectivity index (χ0n) is 23.1. The summed E-state index contributed by atoms with van der Waals surface area (Å²) in [5, 5.41) is 3.12. The predicted molar refractivity (Wildman–Crippen MR) is 146 cm³/mol. The van der Waals surface area contributed by atoms with Crippen molar-refractivity contribution in [1.82, 2.24) is 5.32 Å². The van der Waals surface area contributed by atoms with Crippen LogP contribution in [0.25, 0.3) is 0 Å². The fourth-order valence-corrected chi connectivity index (χ4v) is 5.95. The van der Waals surface area contributed by atoms with Gasteiger partial charge >= 0.3 is 6.09 Å². The second-order valence-corrected chi connectivity index (χ2v) is 12.0. The van der Waals surface area contributed by atoms with Crippen molar-refractivity contribution in [2.75, 3.05) is 6.54 Å². The number of amides is 1. The van der Waals surface area contributed by atoms with Gasteiger partial charge in [0.15, 0.2) is 0 Å². The van der Waals surface area contributed by atoms with Gasteiger partial charge in [0.2, 0.25) is 0 Å². The van der Waals surface area contributed by atoms with Crippen LogP contribution in [0.1, 0.15) is 136 Å². The highest BCUT2D eigenvalue weighted by molar-refractivity contribution is 5.71. The Kier molecular flexibility index (Phi) is 12.5. The summed E-state index contributed by atoms with van der Waals surface area (Å²) in [6.45, 7) is 12.2. The van der Waals surface area contributed by atoms with Gasteiger partial charge in [-0.05, 0) is 73.0 Å². The minimum Gasteiger partial charge on any atom is -0.410 e. The minimum absolute atomic E-state index is 0.156. The Bertz CT molecular complexity index is 726. The lowest BCUT2D eigenvalue weighted by molar-refractivity contribution is 0.0969. The molecule has 194 valence electrons. The van der Waals surface area contributed by atoms with Crippen LogP contribution in [0.15, 0.2) is 18.2 Å². The van der Waals surface area contributed by atoms with E-state index in [0.29, 0.717) is 12.0 Å². The average molecular weight is 472 g/mol. The van der Waals surface area contributed by atoms with Crippen molar-refractivity contribution < 1.29 is 9.53 Å². The minimum atomic E-state index is -0.295. The summed E-state index contributed by atoms with van der Waals surface area (Å²) in [6, 6.07) is 6.31. The molecule has 34 heavy (non-hydrogen) atoms. The smallest absolute Gasteiger partial charge is 0.410 e. The quantitative estimate of drug-likeness (QED) is 0.259. The first-order valence-electron chi connectivity index (χ1n) is 14.3. The van der Waals surface area contributed by atoms with Crippen molar-refractivity contribution in [3.05, 3.63) is 29.3 Å². The molecule has 1 saturated carbocycles. The fourth-order valence-electron chi connectivity index (χ4n) is 5.95. The van der Waals surface area contributed by atoms with E-state index in [0.717, 1.165) is 31.4 Å². The van der Waals surface area contributed by atoms with Crippen LogP contribution in [0.3, 0.4) is 0 Å². The number of benzene rings is 1. The molecular weight excluding hydrogens is 418 g/mol. The van der Waals surface area contributed by atoms with E-state index in [1.54, 1.807) is 0 Å². The molecule has 1 aliphatic rings. The van der Waals surface area contributed by atoms with Crippen molar-refractivity contribution in [2.24, 2.45) is 10.8 Å². The van der Waals surface area contributed by atoms with Crippen LogP contribution in [0.2, 0.25) is 0 Å². The topological polar surface area (TPSA) is 38.3 Å². The van der Waals surface area contributed by atoms with Crippen LogP contribution in [0, 0.1) is 10.8 Å². The van der Waals surface area contributed by atoms with Gasteiger partial charge in [0.1, 0.15) is 5.75 Å². The molecule has 3 heteroatoms. The average Bonchev–Trinajstić information content (AvgIpc) is 2.78. The number of nitrogens with one attached hydrogen (secondary N) is 1. The Labute approximate surface area is 210 Å². The van der Waals surface area contributed by atoms with Crippen molar-refractivity contribution in [3.8, 4) is 5.75 Å². The molecule has 1 N–H and O–H groups in total. The molecule has 0 saturated heterocycles. The maximum absolute atomic E-state index is 12.8. The largest absolute Gasteiger partial charge is 0.412 e. The zero-order chi connectivity index (χ0) is 24.9. The number of hydrogen-bond donors (Lipinski definition) is 1. The van der Waals surface area contributed by atoms with E-state index in [-0.39, 0.29) is 11.5 Å². The highest BCUT2D eigenvalue weighted by atomic mass is 16.6. The van der Waals surface area contributed by atoms with Crippen LogP contribution >= 0.6 is 0 Å². The van der Waals surface area contributed by atoms with Crippen molar-refractivity contribution in [3.63, 3.8) is 0 Å². The van der Waals surface area contributed by atoms with E-state index in [1.165, 1.54) is 88.2 Å². The third-order valence-electron chi connectivity index (χ3n) is 7.71. The third-order valence-corrected chi connectivity index (χ3v) is 7.71. The Morgan fingerprint density at radius 2 is 1.53 bits per heavy atom.